The minimum Gasteiger partial charge on any atom is -0.482 e. The third-order valence-corrected chi connectivity index (χ3v) is 6.12. The third kappa shape index (κ3) is 3.60. The summed E-state index contributed by atoms with van der Waals surface area (Å²) in [4.78, 5) is 18.0. The molecule has 4 aromatic heterocycles. The molecule has 0 radical (unpaired) electrons. The summed E-state index contributed by atoms with van der Waals surface area (Å²) >= 11 is 0. The number of pyridine rings is 2. The Hall–Kier alpha value is -3.48. The molecule has 5 rings (SSSR count). The molecule has 2 unspecified atom stereocenters. The monoisotopic (exact) mass is 415 g/mol. The van der Waals surface area contributed by atoms with Gasteiger partial charge in [-0.3, -0.25) is 9.38 Å². The van der Waals surface area contributed by atoms with Crippen molar-refractivity contribution >= 4 is 5.65 Å². The van der Waals surface area contributed by atoms with Gasteiger partial charge in [-0.05, 0) is 43.0 Å². The summed E-state index contributed by atoms with van der Waals surface area (Å²) in [6.07, 6.45) is 7.36. The van der Waals surface area contributed by atoms with E-state index in [4.69, 9.17) is 9.47 Å². The molecular formula is C24H25N5O2. The third-order valence-electron chi connectivity index (χ3n) is 6.12. The first-order valence-corrected chi connectivity index (χ1v) is 10.5. The van der Waals surface area contributed by atoms with Gasteiger partial charge in [0.15, 0.2) is 5.88 Å². The van der Waals surface area contributed by atoms with Crippen molar-refractivity contribution in [2.45, 2.75) is 26.7 Å². The second-order valence-electron chi connectivity index (χ2n) is 8.20. The van der Waals surface area contributed by atoms with E-state index in [1.54, 1.807) is 19.5 Å². The highest BCUT2D eigenvalue weighted by Gasteiger charge is 2.49. The largest absolute Gasteiger partial charge is 0.482 e. The van der Waals surface area contributed by atoms with Crippen molar-refractivity contribution in [3.63, 3.8) is 0 Å². The highest BCUT2D eigenvalue weighted by atomic mass is 16.5. The molecule has 0 spiro atoms. The van der Waals surface area contributed by atoms with Crippen LogP contribution in [0.25, 0.3) is 16.8 Å². The molecule has 1 saturated carbocycles. The molecule has 0 N–H and O–H groups in total. The van der Waals surface area contributed by atoms with Crippen molar-refractivity contribution in [2.24, 2.45) is 11.8 Å². The predicted octanol–water partition coefficient (Wildman–Crippen LogP) is 4.24. The van der Waals surface area contributed by atoms with Crippen molar-refractivity contribution in [1.29, 1.82) is 0 Å². The van der Waals surface area contributed by atoms with Crippen LogP contribution in [0.3, 0.4) is 0 Å². The maximum atomic E-state index is 6.26. The van der Waals surface area contributed by atoms with Gasteiger partial charge in [0.2, 0.25) is 5.88 Å². The second kappa shape index (κ2) is 7.65. The zero-order valence-electron chi connectivity index (χ0n) is 18.1. The summed E-state index contributed by atoms with van der Waals surface area (Å²) in [5.74, 6) is 3.32. The van der Waals surface area contributed by atoms with Crippen molar-refractivity contribution in [3.05, 3.63) is 66.1 Å². The zero-order valence-corrected chi connectivity index (χ0v) is 18.1. The van der Waals surface area contributed by atoms with Crippen molar-refractivity contribution in [1.82, 2.24) is 24.3 Å². The summed E-state index contributed by atoms with van der Waals surface area (Å²) in [5, 5.41) is 0. The molecule has 0 amide bonds. The van der Waals surface area contributed by atoms with E-state index in [-0.39, 0.29) is 0 Å². The lowest BCUT2D eigenvalue weighted by atomic mass is 10.1. The van der Waals surface area contributed by atoms with Gasteiger partial charge < -0.3 is 9.47 Å². The number of hydrogen-bond acceptors (Lipinski definition) is 6. The van der Waals surface area contributed by atoms with Crippen LogP contribution in [0.4, 0.5) is 0 Å². The number of ether oxygens (including phenoxy) is 2. The number of imidazole rings is 1. The summed E-state index contributed by atoms with van der Waals surface area (Å²) in [6.45, 7) is 6.77. The van der Waals surface area contributed by atoms with Gasteiger partial charge in [-0.2, -0.15) is 4.98 Å². The molecule has 4 heterocycles. The number of nitrogens with zero attached hydrogens (tertiary/aromatic N) is 5. The average Bonchev–Trinajstić information content (AvgIpc) is 3.17. The molecule has 0 bridgehead atoms. The normalized spacial score (nSPS) is 20.1. The summed E-state index contributed by atoms with van der Waals surface area (Å²) in [6, 6.07) is 8.19. The van der Waals surface area contributed by atoms with Crippen LogP contribution in [0.2, 0.25) is 0 Å². The lowest BCUT2D eigenvalue weighted by molar-refractivity contribution is 0.280. The van der Waals surface area contributed by atoms with E-state index in [0.717, 1.165) is 22.5 Å². The SMILES string of the molecule is COc1cc(-c2cnc(C)nc2OCC2C(c3ccc(C)cn3)[C@@H]2C)cc2nccn12. The summed E-state index contributed by atoms with van der Waals surface area (Å²) in [7, 11) is 1.65. The second-order valence-corrected chi connectivity index (χ2v) is 8.20. The van der Waals surface area contributed by atoms with Crippen molar-refractivity contribution in [3.8, 4) is 22.9 Å². The molecule has 1 fully saturated rings. The van der Waals surface area contributed by atoms with Crippen LogP contribution in [0.15, 0.2) is 49.1 Å². The van der Waals surface area contributed by atoms with Crippen molar-refractivity contribution < 1.29 is 9.47 Å². The Bertz CT molecular complexity index is 1230. The first-order chi connectivity index (χ1) is 15.0. The smallest absolute Gasteiger partial charge is 0.224 e. The molecule has 0 aliphatic heterocycles. The molecule has 3 atom stereocenters. The number of hydrogen-bond donors (Lipinski definition) is 0. The van der Waals surface area contributed by atoms with Crippen LogP contribution in [0, 0.1) is 25.7 Å². The lowest BCUT2D eigenvalue weighted by Crippen LogP contribution is -2.06. The molecule has 1 aliphatic rings. The first-order valence-electron chi connectivity index (χ1n) is 10.5. The molecule has 158 valence electrons. The molecule has 7 nitrogen and oxygen atoms in total. The van der Waals surface area contributed by atoms with E-state index in [1.807, 2.05) is 35.9 Å². The highest BCUT2D eigenvalue weighted by Crippen LogP contribution is 2.53. The Labute approximate surface area is 181 Å². The molecule has 0 saturated heterocycles. The van der Waals surface area contributed by atoms with Crippen LogP contribution < -0.4 is 9.47 Å². The predicted molar refractivity (Wildman–Crippen MR) is 117 cm³/mol. The number of methoxy groups -OCH3 is 1. The van der Waals surface area contributed by atoms with Crippen LogP contribution in [-0.2, 0) is 0 Å². The fourth-order valence-electron chi connectivity index (χ4n) is 4.20. The quantitative estimate of drug-likeness (QED) is 0.469. The average molecular weight is 415 g/mol. The van der Waals surface area contributed by atoms with Gasteiger partial charge in [0.25, 0.3) is 0 Å². The molecule has 7 heteroatoms. The van der Waals surface area contributed by atoms with Crippen LogP contribution in [0.5, 0.6) is 11.8 Å². The van der Waals surface area contributed by atoms with Crippen molar-refractivity contribution in [2.75, 3.05) is 13.7 Å². The standard InChI is InChI=1S/C24H25N5O2/c1-14-5-6-20(27-11-14)23-15(2)19(23)13-31-24-18(12-26-16(3)28-24)17-9-21-25-7-8-29(21)22(10-17)30-4/h5-12,15,19,23H,13H2,1-4H3/t15-,19?,23?/m1/s1. The number of aromatic nitrogens is 5. The molecular weight excluding hydrogens is 390 g/mol. The minimum absolute atomic E-state index is 0.419. The molecule has 0 aromatic carbocycles. The van der Waals surface area contributed by atoms with E-state index in [2.05, 4.69) is 45.9 Å². The maximum Gasteiger partial charge on any atom is 0.224 e. The molecule has 1 aliphatic carbocycles. The Kier molecular flexibility index (Phi) is 4.81. The van der Waals surface area contributed by atoms with Gasteiger partial charge in [0.1, 0.15) is 11.5 Å². The molecule has 4 aromatic rings. The Morgan fingerprint density at radius 2 is 1.94 bits per heavy atom. The van der Waals surface area contributed by atoms with Gasteiger partial charge >= 0.3 is 0 Å². The van der Waals surface area contributed by atoms with E-state index >= 15 is 0 Å². The molecule has 31 heavy (non-hydrogen) atoms. The summed E-state index contributed by atoms with van der Waals surface area (Å²) < 4.78 is 13.7. The van der Waals surface area contributed by atoms with E-state index in [0.29, 0.717) is 41.9 Å². The van der Waals surface area contributed by atoms with Gasteiger partial charge in [-0.1, -0.05) is 13.0 Å². The highest BCUT2D eigenvalue weighted by molar-refractivity contribution is 5.72. The van der Waals surface area contributed by atoms with Gasteiger partial charge in [-0.25, -0.2) is 9.97 Å². The Balaban J connectivity index is 1.41. The van der Waals surface area contributed by atoms with Gasteiger partial charge in [0.05, 0.1) is 19.3 Å². The minimum atomic E-state index is 0.419. The zero-order chi connectivity index (χ0) is 21.5. The fourth-order valence-corrected chi connectivity index (χ4v) is 4.20. The van der Waals surface area contributed by atoms with E-state index in [1.165, 1.54) is 5.56 Å². The first kappa shape index (κ1) is 19.5. The summed E-state index contributed by atoms with van der Waals surface area (Å²) in [5.41, 5.74) is 4.84. The number of aryl methyl sites for hydroxylation is 2. The van der Waals surface area contributed by atoms with E-state index < -0.39 is 0 Å². The number of fused-ring (bicyclic) bond motifs is 1. The maximum absolute atomic E-state index is 6.26. The topological polar surface area (TPSA) is 74.4 Å². The van der Waals surface area contributed by atoms with Crippen LogP contribution in [0.1, 0.15) is 29.9 Å². The number of rotatable bonds is 6. The van der Waals surface area contributed by atoms with Gasteiger partial charge in [0, 0.05) is 48.4 Å². The van der Waals surface area contributed by atoms with E-state index in [9.17, 15) is 0 Å². The van der Waals surface area contributed by atoms with Crippen LogP contribution >= 0.6 is 0 Å². The Morgan fingerprint density at radius 1 is 1.06 bits per heavy atom. The fraction of sp³-hybridized carbons (Fsp3) is 0.333. The Morgan fingerprint density at radius 3 is 2.71 bits per heavy atom. The lowest BCUT2D eigenvalue weighted by Gasteiger charge is -2.13. The van der Waals surface area contributed by atoms with Gasteiger partial charge in [-0.15, -0.1) is 0 Å². The van der Waals surface area contributed by atoms with Crippen LogP contribution in [-0.4, -0.2) is 38.1 Å².